The Bertz CT molecular complexity index is 911. The SMILES string of the molecule is CCc1ccc(NC(=O)C2CCN(S(=O)(=O)c3cn(C(C)C)cn3)CC2)cc1. The number of hydrogen-bond donors (Lipinski definition) is 1. The molecule has 2 aromatic rings. The number of aryl methyl sites for hydroxylation is 1. The van der Waals surface area contributed by atoms with Crippen molar-refractivity contribution in [1.29, 1.82) is 0 Å². The maximum absolute atomic E-state index is 12.8. The maximum atomic E-state index is 12.8. The highest BCUT2D eigenvalue weighted by Crippen LogP contribution is 2.25. The van der Waals surface area contributed by atoms with E-state index in [1.54, 1.807) is 17.1 Å². The van der Waals surface area contributed by atoms with Crippen LogP contribution in [0.2, 0.25) is 0 Å². The third kappa shape index (κ3) is 4.44. The highest BCUT2D eigenvalue weighted by atomic mass is 32.2. The van der Waals surface area contributed by atoms with E-state index < -0.39 is 10.0 Å². The van der Waals surface area contributed by atoms with Gasteiger partial charge in [-0.3, -0.25) is 4.79 Å². The molecule has 7 nitrogen and oxygen atoms in total. The summed E-state index contributed by atoms with van der Waals surface area (Å²) in [6.45, 7) is 6.67. The number of nitrogens with one attached hydrogen (secondary N) is 1. The molecule has 0 bridgehead atoms. The monoisotopic (exact) mass is 404 g/mol. The van der Waals surface area contributed by atoms with Crippen molar-refractivity contribution in [2.45, 2.75) is 51.1 Å². The molecule has 2 heterocycles. The lowest BCUT2D eigenvalue weighted by atomic mass is 9.97. The van der Waals surface area contributed by atoms with E-state index >= 15 is 0 Å². The number of sulfonamides is 1. The first-order valence-electron chi connectivity index (χ1n) is 9.74. The van der Waals surface area contributed by atoms with Gasteiger partial charge in [0.1, 0.15) is 0 Å². The van der Waals surface area contributed by atoms with Crippen molar-refractivity contribution in [2.75, 3.05) is 18.4 Å². The molecule has 1 aliphatic rings. The van der Waals surface area contributed by atoms with Crippen molar-refractivity contribution in [3.05, 3.63) is 42.4 Å². The molecule has 1 fully saturated rings. The molecule has 3 rings (SSSR count). The zero-order valence-electron chi connectivity index (χ0n) is 16.6. The number of piperidine rings is 1. The summed E-state index contributed by atoms with van der Waals surface area (Å²) < 4.78 is 28.8. The van der Waals surface area contributed by atoms with Crippen molar-refractivity contribution < 1.29 is 13.2 Å². The molecule has 1 aromatic carbocycles. The van der Waals surface area contributed by atoms with E-state index in [0.717, 1.165) is 12.1 Å². The summed E-state index contributed by atoms with van der Waals surface area (Å²) in [5, 5.41) is 3.01. The molecule has 28 heavy (non-hydrogen) atoms. The lowest BCUT2D eigenvalue weighted by Gasteiger charge is -2.30. The number of hydrogen-bond acceptors (Lipinski definition) is 4. The molecule has 1 amide bonds. The molecular formula is C20H28N4O3S. The first-order valence-corrected chi connectivity index (χ1v) is 11.2. The number of rotatable bonds is 6. The summed E-state index contributed by atoms with van der Waals surface area (Å²) in [5.74, 6) is -0.240. The van der Waals surface area contributed by atoms with Crippen molar-refractivity contribution in [3.63, 3.8) is 0 Å². The highest BCUT2D eigenvalue weighted by Gasteiger charge is 2.33. The van der Waals surface area contributed by atoms with Crippen molar-refractivity contribution in [3.8, 4) is 0 Å². The minimum absolute atomic E-state index is 0.0506. The quantitative estimate of drug-likeness (QED) is 0.802. The van der Waals surface area contributed by atoms with Crippen molar-refractivity contribution >= 4 is 21.6 Å². The molecule has 0 radical (unpaired) electrons. The molecule has 0 saturated carbocycles. The fourth-order valence-corrected chi connectivity index (χ4v) is 4.68. The van der Waals surface area contributed by atoms with Gasteiger partial charge in [0.15, 0.2) is 5.03 Å². The van der Waals surface area contributed by atoms with Gasteiger partial charge < -0.3 is 9.88 Å². The standard InChI is InChI=1S/C20H28N4O3S/c1-4-16-5-7-18(8-6-16)22-20(25)17-9-11-24(12-10-17)28(26,27)19-13-23(14-21-19)15(2)3/h5-8,13-15,17H,4,9-12H2,1-3H3,(H,22,25). The Morgan fingerprint density at radius 1 is 1.21 bits per heavy atom. The zero-order valence-corrected chi connectivity index (χ0v) is 17.4. The first-order chi connectivity index (χ1) is 13.3. The summed E-state index contributed by atoms with van der Waals surface area (Å²) in [4.78, 5) is 16.6. The van der Waals surface area contributed by atoms with Crippen molar-refractivity contribution in [1.82, 2.24) is 13.9 Å². The van der Waals surface area contributed by atoms with Crippen LogP contribution in [0.15, 0.2) is 41.8 Å². The van der Waals surface area contributed by atoms with Gasteiger partial charge in [-0.2, -0.15) is 4.31 Å². The van der Waals surface area contributed by atoms with E-state index in [9.17, 15) is 13.2 Å². The van der Waals surface area contributed by atoms with Crippen LogP contribution in [0.5, 0.6) is 0 Å². The molecule has 0 atom stereocenters. The van der Waals surface area contributed by atoms with Crippen molar-refractivity contribution in [2.24, 2.45) is 5.92 Å². The van der Waals surface area contributed by atoms with Crippen LogP contribution in [-0.4, -0.2) is 41.3 Å². The second-order valence-corrected chi connectivity index (χ2v) is 9.36. The first kappa shape index (κ1) is 20.5. The minimum atomic E-state index is -3.62. The molecule has 152 valence electrons. The van der Waals surface area contributed by atoms with E-state index in [0.29, 0.717) is 25.9 Å². The molecule has 1 aromatic heterocycles. The number of anilines is 1. The number of nitrogens with zero attached hydrogens (tertiary/aromatic N) is 3. The molecule has 1 N–H and O–H groups in total. The van der Waals surface area contributed by atoms with Crippen LogP contribution in [0.4, 0.5) is 5.69 Å². The lowest BCUT2D eigenvalue weighted by Crippen LogP contribution is -2.41. The maximum Gasteiger partial charge on any atom is 0.262 e. The van der Waals surface area contributed by atoms with Crippen LogP contribution in [0.3, 0.4) is 0 Å². The van der Waals surface area contributed by atoms with Crippen LogP contribution >= 0.6 is 0 Å². The van der Waals surface area contributed by atoms with Gasteiger partial charge in [0.2, 0.25) is 5.91 Å². The van der Waals surface area contributed by atoms with Gasteiger partial charge in [0.05, 0.1) is 6.33 Å². The smallest absolute Gasteiger partial charge is 0.262 e. The Kier molecular flexibility index (Phi) is 6.20. The fraction of sp³-hybridized carbons (Fsp3) is 0.500. The number of amides is 1. The van der Waals surface area contributed by atoms with Crippen LogP contribution in [0.25, 0.3) is 0 Å². The largest absolute Gasteiger partial charge is 0.334 e. The summed E-state index contributed by atoms with van der Waals surface area (Å²) >= 11 is 0. The van der Waals surface area contributed by atoms with E-state index in [2.05, 4.69) is 17.2 Å². The molecule has 1 saturated heterocycles. The fourth-order valence-electron chi connectivity index (χ4n) is 3.29. The highest BCUT2D eigenvalue weighted by molar-refractivity contribution is 7.89. The van der Waals surface area contributed by atoms with Gasteiger partial charge in [-0.1, -0.05) is 19.1 Å². The molecule has 0 aliphatic carbocycles. The second kappa shape index (κ2) is 8.45. The van der Waals surface area contributed by atoms with Gasteiger partial charge in [-0.25, -0.2) is 13.4 Å². The average molecular weight is 405 g/mol. The summed E-state index contributed by atoms with van der Waals surface area (Å²) in [5.41, 5.74) is 1.99. The topological polar surface area (TPSA) is 84.3 Å². The van der Waals surface area contributed by atoms with Gasteiger partial charge in [-0.15, -0.1) is 0 Å². The van der Waals surface area contributed by atoms with Crippen LogP contribution in [0.1, 0.15) is 45.2 Å². The number of carbonyl (C=O) groups is 1. The Morgan fingerprint density at radius 3 is 2.39 bits per heavy atom. The third-order valence-corrected chi connectivity index (χ3v) is 7.02. The summed E-state index contributed by atoms with van der Waals surface area (Å²) in [6, 6.07) is 7.96. The van der Waals surface area contributed by atoms with Gasteiger partial charge in [-0.05, 0) is 50.8 Å². The van der Waals surface area contributed by atoms with Crippen LogP contribution in [0, 0.1) is 5.92 Å². The van der Waals surface area contributed by atoms with Crippen LogP contribution in [-0.2, 0) is 21.2 Å². The van der Waals surface area contributed by atoms with E-state index in [4.69, 9.17) is 0 Å². The van der Waals surface area contributed by atoms with Crippen LogP contribution < -0.4 is 5.32 Å². The molecule has 1 aliphatic heterocycles. The van der Waals surface area contributed by atoms with Gasteiger partial charge in [0.25, 0.3) is 10.0 Å². The molecule has 8 heteroatoms. The molecule has 0 unspecified atom stereocenters. The van der Waals surface area contributed by atoms with E-state index in [-0.39, 0.29) is 22.9 Å². The second-order valence-electron chi connectivity index (χ2n) is 7.47. The lowest BCUT2D eigenvalue weighted by molar-refractivity contribution is -0.120. The minimum Gasteiger partial charge on any atom is -0.334 e. The Morgan fingerprint density at radius 2 is 1.86 bits per heavy atom. The Hall–Kier alpha value is -2.19. The Labute approximate surface area is 166 Å². The summed E-state index contributed by atoms with van der Waals surface area (Å²) in [6.07, 6.45) is 5.07. The number of benzene rings is 1. The third-order valence-electron chi connectivity index (χ3n) is 5.23. The molecular weight excluding hydrogens is 376 g/mol. The average Bonchev–Trinajstić information content (AvgIpc) is 3.20. The van der Waals surface area contributed by atoms with Gasteiger partial charge in [0, 0.05) is 36.9 Å². The predicted molar refractivity (Wildman–Crippen MR) is 109 cm³/mol. The Balaban J connectivity index is 1.59. The van der Waals surface area contributed by atoms with E-state index in [1.165, 1.54) is 9.87 Å². The predicted octanol–water partition coefficient (Wildman–Crippen LogP) is 3.07. The number of aromatic nitrogens is 2. The zero-order chi connectivity index (χ0) is 20.3. The van der Waals surface area contributed by atoms with E-state index in [1.807, 2.05) is 38.1 Å². The normalized spacial score (nSPS) is 16.4. The molecule has 0 spiro atoms. The van der Waals surface area contributed by atoms with Gasteiger partial charge >= 0.3 is 0 Å². The summed E-state index contributed by atoms with van der Waals surface area (Å²) in [7, 11) is -3.62. The number of carbonyl (C=O) groups excluding carboxylic acids is 1. The number of imidazole rings is 1.